The highest BCUT2D eigenvalue weighted by Crippen LogP contribution is 2.18. The zero-order chi connectivity index (χ0) is 17.6. The number of aliphatic hydroxyl groups is 1. The fraction of sp³-hybridized carbons (Fsp3) is 0.368. The summed E-state index contributed by atoms with van der Waals surface area (Å²) in [5.41, 5.74) is 0.975. The standard InChI is InChI=1S/C19H23N3O3/c23-17-11-5-4-9-15(17)20-19(25)21-16-10-6-12-22(18(16)24)13-14-7-2-1-3-8-14/h1-3,6-8,10,12,15,17,23H,4-5,9,11,13H2,(H2,20,21,25). The summed E-state index contributed by atoms with van der Waals surface area (Å²) in [6.07, 6.45) is 4.58. The van der Waals surface area contributed by atoms with E-state index in [1.54, 1.807) is 22.9 Å². The summed E-state index contributed by atoms with van der Waals surface area (Å²) in [5.74, 6) is 0. The second-order valence-electron chi connectivity index (χ2n) is 6.40. The van der Waals surface area contributed by atoms with Gasteiger partial charge in [0.25, 0.3) is 5.56 Å². The van der Waals surface area contributed by atoms with E-state index in [2.05, 4.69) is 10.6 Å². The van der Waals surface area contributed by atoms with Gasteiger partial charge in [0.05, 0.1) is 18.7 Å². The van der Waals surface area contributed by atoms with Gasteiger partial charge < -0.3 is 20.3 Å². The molecule has 2 aromatic rings. The molecule has 2 unspecified atom stereocenters. The Kier molecular flexibility index (Phi) is 5.50. The van der Waals surface area contributed by atoms with Crippen molar-refractivity contribution in [3.63, 3.8) is 0 Å². The van der Waals surface area contributed by atoms with Crippen molar-refractivity contribution in [3.05, 3.63) is 64.6 Å². The van der Waals surface area contributed by atoms with E-state index in [4.69, 9.17) is 0 Å². The van der Waals surface area contributed by atoms with E-state index in [1.807, 2.05) is 30.3 Å². The van der Waals surface area contributed by atoms with E-state index < -0.39 is 12.1 Å². The van der Waals surface area contributed by atoms with Gasteiger partial charge in [-0.05, 0) is 30.5 Å². The predicted octanol–water partition coefficient (Wildman–Crippen LogP) is 2.32. The molecule has 132 valence electrons. The van der Waals surface area contributed by atoms with Crippen molar-refractivity contribution < 1.29 is 9.90 Å². The maximum absolute atomic E-state index is 12.5. The van der Waals surface area contributed by atoms with Gasteiger partial charge in [-0.2, -0.15) is 0 Å². The summed E-state index contributed by atoms with van der Waals surface area (Å²) >= 11 is 0. The minimum Gasteiger partial charge on any atom is -0.391 e. The first-order valence-electron chi connectivity index (χ1n) is 8.62. The van der Waals surface area contributed by atoms with Gasteiger partial charge in [-0.1, -0.05) is 43.2 Å². The largest absolute Gasteiger partial charge is 0.391 e. The van der Waals surface area contributed by atoms with Crippen LogP contribution in [0.25, 0.3) is 0 Å². The molecule has 1 aromatic carbocycles. The van der Waals surface area contributed by atoms with Crippen molar-refractivity contribution in [1.82, 2.24) is 9.88 Å². The summed E-state index contributed by atoms with van der Waals surface area (Å²) in [5, 5.41) is 15.3. The second-order valence-corrected chi connectivity index (χ2v) is 6.40. The van der Waals surface area contributed by atoms with Gasteiger partial charge in [-0.15, -0.1) is 0 Å². The zero-order valence-corrected chi connectivity index (χ0v) is 14.0. The fourth-order valence-electron chi connectivity index (χ4n) is 3.14. The Labute approximate surface area is 146 Å². The fourth-order valence-corrected chi connectivity index (χ4v) is 3.14. The first-order chi connectivity index (χ1) is 12.1. The van der Waals surface area contributed by atoms with Crippen LogP contribution in [0.3, 0.4) is 0 Å². The number of amides is 2. The molecule has 0 bridgehead atoms. The molecule has 1 aromatic heterocycles. The van der Waals surface area contributed by atoms with E-state index in [1.165, 1.54) is 0 Å². The van der Waals surface area contributed by atoms with Crippen LogP contribution in [0.15, 0.2) is 53.5 Å². The van der Waals surface area contributed by atoms with Gasteiger partial charge in [0, 0.05) is 6.20 Å². The molecule has 0 aliphatic heterocycles. The quantitative estimate of drug-likeness (QED) is 0.798. The van der Waals surface area contributed by atoms with Crippen molar-refractivity contribution >= 4 is 11.7 Å². The monoisotopic (exact) mass is 341 g/mol. The summed E-state index contributed by atoms with van der Waals surface area (Å²) in [7, 11) is 0. The lowest BCUT2D eigenvalue weighted by Gasteiger charge is -2.28. The molecule has 1 heterocycles. The van der Waals surface area contributed by atoms with Gasteiger partial charge in [0.15, 0.2) is 0 Å². The van der Waals surface area contributed by atoms with E-state index in [0.29, 0.717) is 13.0 Å². The summed E-state index contributed by atoms with van der Waals surface area (Å²) in [6, 6.07) is 12.3. The summed E-state index contributed by atoms with van der Waals surface area (Å²) in [4.78, 5) is 24.7. The maximum atomic E-state index is 12.5. The normalized spacial score (nSPS) is 20.0. The molecule has 3 N–H and O–H groups in total. The van der Waals surface area contributed by atoms with Gasteiger partial charge in [0.2, 0.25) is 0 Å². The Morgan fingerprint density at radius 1 is 1.12 bits per heavy atom. The number of benzene rings is 1. The van der Waals surface area contributed by atoms with Crippen LogP contribution in [0.4, 0.5) is 10.5 Å². The van der Waals surface area contributed by atoms with Gasteiger partial charge >= 0.3 is 6.03 Å². The molecule has 6 heteroatoms. The van der Waals surface area contributed by atoms with E-state index in [0.717, 1.165) is 24.8 Å². The first kappa shape index (κ1) is 17.2. The molecule has 6 nitrogen and oxygen atoms in total. The molecule has 0 spiro atoms. The Morgan fingerprint density at radius 3 is 2.64 bits per heavy atom. The van der Waals surface area contributed by atoms with Crippen LogP contribution in [0.1, 0.15) is 31.2 Å². The minimum absolute atomic E-state index is 0.223. The molecular weight excluding hydrogens is 318 g/mol. The third-order valence-electron chi connectivity index (χ3n) is 4.51. The Hall–Kier alpha value is -2.60. The lowest BCUT2D eigenvalue weighted by atomic mass is 9.93. The molecule has 0 saturated heterocycles. The highest BCUT2D eigenvalue weighted by Gasteiger charge is 2.24. The van der Waals surface area contributed by atoms with Crippen molar-refractivity contribution in [2.75, 3.05) is 5.32 Å². The lowest BCUT2D eigenvalue weighted by molar-refractivity contribution is 0.0955. The number of aliphatic hydroxyl groups excluding tert-OH is 1. The van der Waals surface area contributed by atoms with Crippen LogP contribution in [-0.2, 0) is 6.54 Å². The molecule has 1 fully saturated rings. The lowest BCUT2D eigenvalue weighted by Crippen LogP contribution is -2.47. The number of anilines is 1. The van der Waals surface area contributed by atoms with Crippen LogP contribution in [0, 0.1) is 0 Å². The van der Waals surface area contributed by atoms with Crippen molar-refractivity contribution in [3.8, 4) is 0 Å². The second kappa shape index (κ2) is 7.98. The molecule has 1 aliphatic carbocycles. The molecule has 25 heavy (non-hydrogen) atoms. The van der Waals surface area contributed by atoms with Crippen molar-refractivity contribution in [2.24, 2.45) is 0 Å². The number of hydrogen-bond acceptors (Lipinski definition) is 3. The number of urea groups is 1. The molecule has 2 atom stereocenters. The number of pyridine rings is 1. The van der Waals surface area contributed by atoms with Gasteiger partial charge in [-0.3, -0.25) is 4.79 Å². The number of nitrogens with zero attached hydrogens (tertiary/aromatic N) is 1. The van der Waals surface area contributed by atoms with E-state index >= 15 is 0 Å². The zero-order valence-electron chi connectivity index (χ0n) is 14.0. The van der Waals surface area contributed by atoms with Crippen LogP contribution in [-0.4, -0.2) is 27.9 Å². The average Bonchev–Trinajstić information content (AvgIpc) is 2.61. The highest BCUT2D eigenvalue weighted by atomic mass is 16.3. The van der Waals surface area contributed by atoms with Crippen LogP contribution in [0.2, 0.25) is 0 Å². The summed E-state index contributed by atoms with van der Waals surface area (Å²) < 4.78 is 1.56. The Bertz CT molecular complexity index is 773. The number of hydrogen-bond donors (Lipinski definition) is 3. The number of carbonyl (C=O) groups is 1. The van der Waals surface area contributed by atoms with Crippen LogP contribution < -0.4 is 16.2 Å². The topological polar surface area (TPSA) is 83.4 Å². The van der Waals surface area contributed by atoms with E-state index in [9.17, 15) is 14.7 Å². The maximum Gasteiger partial charge on any atom is 0.319 e. The summed E-state index contributed by atoms with van der Waals surface area (Å²) in [6.45, 7) is 0.443. The Morgan fingerprint density at radius 2 is 1.88 bits per heavy atom. The van der Waals surface area contributed by atoms with Crippen LogP contribution in [0.5, 0.6) is 0 Å². The predicted molar refractivity (Wildman–Crippen MR) is 96.7 cm³/mol. The molecule has 1 saturated carbocycles. The first-order valence-corrected chi connectivity index (χ1v) is 8.62. The smallest absolute Gasteiger partial charge is 0.319 e. The third kappa shape index (κ3) is 4.48. The Balaban J connectivity index is 1.67. The van der Waals surface area contributed by atoms with Crippen molar-refractivity contribution in [2.45, 2.75) is 44.4 Å². The molecule has 2 amide bonds. The molecule has 3 rings (SSSR count). The number of rotatable bonds is 4. The van der Waals surface area contributed by atoms with Gasteiger partial charge in [0.1, 0.15) is 5.69 Å². The molecular formula is C19H23N3O3. The molecule has 1 aliphatic rings. The average molecular weight is 341 g/mol. The number of aromatic nitrogens is 1. The number of nitrogens with one attached hydrogen (secondary N) is 2. The van der Waals surface area contributed by atoms with Crippen LogP contribution >= 0.6 is 0 Å². The third-order valence-corrected chi connectivity index (χ3v) is 4.51. The van der Waals surface area contributed by atoms with E-state index in [-0.39, 0.29) is 17.3 Å². The number of carbonyl (C=O) groups excluding carboxylic acids is 1. The van der Waals surface area contributed by atoms with Crippen molar-refractivity contribution in [1.29, 1.82) is 0 Å². The highest BCUT2D eigenvalue weighted by molar-refractivity contribution is 5.89. The SMILES string of the molecule is O=C(Nc1cccn(Cc2ccccc2)c1=O)NC1CCCCC1O. The van der Waals surface area contributed by atoms with Gasteiger partial charge in [-0.25, -0.2) is 4.79 Å². The minimum atomic E-state index is -0.523. The molecule has 0 radical (unpaired) electrons.